The highest BCUT2D eigenvalue weighted by molar-refractivity contribution is 5.94. The van der Waals surface area contributed by atoms with Crippen molar-refractivity contribution in [3.63, 3.8) is 0 Å². The number of likely N-dealkylation sites (tertiary alicyclic amines) is 1. The molecule has 0 radical (unpaired) electrons. The van der Waals surface area contributed by atoms with Crippen LogP contribution in [0.5, 0.6) is 0 Å². The summed E-state index contributed by atoms with van der Waals surface area (Å²) < 4.78 is 16.3. The van der Waals surface area contributed by atoms with Gasteiger partial charge in [-0.3, -0.25) is 9.69 Å². The molecule has 33 heavy (non-hydrogen) atoms. The Bertz CT molecular complexity index is 1180. The van der Waals surface area contributed by atoms with E-state index in [0.29, 0.717) is 30.1 Å². The van der Waals surface area contributed by atoms with E-state index in [0.717, 1.165) is 31.8 Å². The zero-order chi connectivity index (χ0) is 23.2. The van der Waals surface area contributed by atoms with Gasteiger partial charge in [0.25, 0.3) is 5.91 Å². The maximum Gasteiger partial charge on any atom is 0.253 e. The van der Waals surface area contributed by atoms with Crippen LogP contribution < -0.4 is 0 Å². The molecular formula is C27H31FN4O. The lowest BCUT2D eigenvalue weighted by Crippen LogP contribution is -2.55. The van der Waals surface area contributed by atoms with Gasteiger partial charge in [-0.2, -0.15) is 0 Å². The number of hydrogen-bond donors (Lipinski definition) is 0. The van der Waals surface area contributed by atoms with E-state index in [9.17, 15) is 9.18 Å². The third-order valence-corrected chi connectivity index (χ3v) is 7.16. The molecule has 172 valence electrons. The van der Waals surface area contributed by atoms with Crippen LogP contribution in [0.15, 0.2) is 54.9 Å². The fourth-order valence-corrected chi connectivity index (χ4v) is 5.43. The highest BCUT2D eigenvalue weighted by atomic mass is 19.1. The Morgan fingerprint density at radius 3 is 2.64 bits per heavy atom. The average molecular weight is 447 g/mol. The number of carbonyl (C=O) groups is 1. The first kappa shape index (κ1) is 21.8. The number of halogens is 1. The predicted molar refractivity (Wildman–Crippen MR) is 127 cm³/mol. The summed E-state index contributed by atoms with van der Waals surface area (Å²) >= 11 is 0. The van der Waals surface area contributed by atoms with Gasteiger partial charge in [-0.25, -0.2) is 9.37 Å². The van der Waals surface area contributed by atoms with Gasteiger partial charge in [-0.05, 0) is 55.0 Å². The third kappa shape index (κ3) is 3.76. The van der Waals surface area contributed by atoms with E-state index in [1.54, 1.807) is 19.1 Å². The van der Waals surface area contributed by atoms with Crippen LogP contribution in [0.1, 0.15) is 54.0 Å². The fourth-order valence-electron chi connectivity index (χ4n) is 5.43. The van der Waals surface area contributed by atoms with Gasteiger partial charge in [-0.15, -0.1) is 0 Å². The van der Waals surface area contributed by atoms with Crippen LogP contribution in [0.3, 0.4) is 0 Å². The van der Waals surface area contributed by atoms with E-state index in [4.69, 9.17) is 4.98 Å². The minimum Gasteiger partial charge on any atom is -0.338 e. The Morgan fingerprint density at radius 2 is 1.91 bits per heavy atom. The SMILES string of the molecule is Cc1ccc(C(=O)N2CCC3(CC2)c2nccn2-c2ccccc2CN3CC(C)C)cc1F. The molecule has 3 aromatic rings. The van der Waals surface area contributed by atoms with E-state index in [2.05, 4.69) is 53.8 Å². The minimum absolute atomic E-state index is 0.0978. The molecule has 0 saturated carbocycles. The largest absolute Gasteiger partial charge is 0.338 e. The molecule has 0 atom stereocenters. The van der Waals surface area contributed by atoms with E-state index in [1.807, 2.05) is 11.1 Å². The van der Waals surface area contributed by atoms with Crippen molar-refractivity contribution in [2.45, 2.75) is 45.7 Å². The summed E-state index contributed by atoms with van der Waals surface area (Å²) in [6.07, 6.45) is 5.54. The van der Waals surface area contributed by atoms with Crippen molar-refractivity contribution in [3.05, 3.63) is 83.2 Å². The number of para-hydroxylation sites is 1. The smallest absolute Gasteiger partial charge is 0.253 e. The highest BCUT2D eigenvalue weighted by Crippen LogP contribution is 2.43. The lowest BCUT2D eigenvalue weighted by Gasteiger charge is -2.48. The normalized spacial score (nSPS) is 17.7. The minimum atomic E-state index is -0.332. The zero-order valence-corrected chi connectivity index (χ0v) is 19.6. The molecule has 0 N–H and O–H groups in total. The second kappa shape index (κ2) is 8.41. The molecule has 0 aliphatic carbocycles. The van der Waals surface area contributed by atoms with Gasteiger partial charge in [0, 0.05) is 44.1 Å². The molecule has 5 nitrogen and oxygen atoms in total. The number of rotatable bonds is 3. The molecule has 1 spiro atoms. The van der Waals surface area contributed by atoms with Crippen LogP contribution in [0, 0.1) is 18.7 Å². The Balaban J connectivity index is 1.48. The van der Waals surface area contributed by atoms with Crippen molar-refractivity contribution in [2.24, 2.45) is 5.92 Å². The average Bonchev–Trinajstić information content (AvgIpc) is 3.27. The van der Waals surface area contributed by atoms with Crippen LogP contribution in [0.25, 0.3) is 5.69 Å². The topological polar surface area (TPSA) is 41.4 Å². The lowest BCUT2D eigenvalue weighted by atomic mass is 9.83. The summed E-state index contributed by atoms with van der Waals surface area (Å²) in [5, 5.41) is 0. The van der Waals surface area contributed by atoms with Gasteiger partial charge in [0.2, 0.25) is 0 Å². The number of benzene rings is 2. The fraction of sp³-hybridized carbons (Fsp3) is 0.407. The van der Waals surface area contributed by atoms with Gasteiger partial charge < -0.3 is 9.47 Å². The predicted octanol–water partition coefficient (Wildman–Crippen LogP) is 4.92. The molecule has 0 bridgehead atoms. The Hall–Kier alpha value is -2.99. The summed E-state index contributed by atoms with van der Waals surface area (Å²) in [6.45, 7) is 9.26. The van der Waals surface area contributed by atoms with Crippen LogP contribution >= 0.6 is 0 Å². The first-order valence-electron chi connectivity index (χ1n) is 11.8. The van der Waals surface area contributed by atoms with Crippen molar-refractivity contribution < 1.29 is 9.18 Å². The molecule has 5 rings (SSSR count). The molecule has 0 unspecified atom stereocenters. The molecule has 2 aliphatic heterocycles. The first-order chi connectivity index (χ1) is 15.9. The second-order valence-corrected chi connectivity index (χ2v) is 9.81. The van der Waals surface area contributed by atoms with Gasteiger partial charge in [0.15, 0.2) is 0 Å². The van der Waals surface area contributed by atoms with Crippen LogP contribution in [-0.4, -0.2) is 44.9 Å². The number of hydrogen-bond acceptors (Lipinski definition) is 3. The van der Waals surface area contributed by atoms with Crippen LogP contribution in [0.2, 0.25) is 0 Å². The number of imidazole rings is 1. The molecule has 1 aromatic heterocycles. The summed E-state index contributed by atoms with van der Waals surface area (Å²) in [7, 11) is 0. The summed E-state index contributed by atoms with van der Waals surface area (Å²) in [4.78, 5) is 22.5. The van der Waals surface area contributed by atoms with Crippen molar-refractivity contribution in [2.75, 3.05) is 19.6 Å². The van der Waals surface area contributed by atoms with Crippen LogP contribution in [0.4, 0.5) is 4.39 Å². The first-order valence-corrected chi connectivity index (χ1v) is 11.8. The van der Waals surface area contributed by atoms with E-state index < -0.39 is 0 Å². The monoisotopic (exact) mass is 446 g/mol. The molecule has 1 amide bonds. The Labute approximate surface area is 194 Å². The summed E-state index contributed by atoms with van der Waals surface area (Å²) in [6, 6.07) is 13.3. The third-order valence-electron chi connectivity index (χ3n) is 7.16. The van der Waals surface area contributed by atoms with E-state index in [1.165, 1.54) is 17.3 Å². The molecule has 2 aromatic carbocycles. The summed E-state index contributed by atoms with van der Waals surface area (Å²) in [5.74, 6) is 1.13. The number of piperidine rings is 1. The number of aromatic nitrogens is 2. The number of nitrogens with zero attached hydrogens (tertiary/aromatic N) is 4. The van der Waals surface area contributed by atoms with Crippen molar-refractivity contribution in [3.8, 4) is 5.69 Å². The Kier molecular flexibility index (Phi) is 5.57. The highest BCUT2D eigenvalue weighted by Gasteiger charge is 2.47. The molecule has 2 aliphatic rings. The number of carbonyl (C=O) groups excluding carboxylic acids is 1. The van der Waals surface area contributed by atoms with E-state index in [-0.39, 0.29) is 17.3 Å². The van der Waals surface area contributed by atoms with Gasteiger partial charge >= 0.3 is 0 Å². The lowest BCUT2D eigenvalue weighted by molar-refractivity contribution is 0.000775. The maximum absolute atomic E-state index is 14.1. The van der Waals surface area contributed by atoms with Crippen molar-refractivity contribution in [1.82, 2.24) is 19.4 Å². The van der Waals surface area contributed by atoms with Gasteiger partial charge in [0.05, 0.1) is 11.2 Å². The van der Waals surface area contributed by atoms with Gasteiger partial charge in [-0.1, -0.05) is 38.1 Å². The van der Waals surface area contributed by atoms with Gasteiger partial charge in [0.1, 0.15) is 11.6 Å². The number of aryl methyl sites for hydroxylation is 1. The Morgan fingerprint density at radius 1 is 1.15 bits per heavy atom. The maximum atomic E-state index is 14.1. The standard InChI is InChI=1S/C27H31FN4O/c1-19(2)17-31-18-22-6-4-5-7-24(22)32-15-12-29-26(32)27(31)10-13-30(14-11-27)25(33)21-9-8-20(3)23(28)16-21/h4-9,12,15-16,19H,10-11,13-14,17-18H2,1-3H3. The zero-order valence-electron chi connectivity index (χ0n) is 19.6. The van der Waals surface area contributed by atoms with Crippen molar-refractivity contribution >= 4 is 5.91 Å². The molecule has 3 heterocycles. The molecule has 1 saturated heterocycles. The number of fused-ring (bicyclic) bond motifs is 4. The molecular weight excluding hydrogens is 415 g/mol. The van der Waals surface area contributed by atoms with E-state index >= 15 is 0 Å². The number of amides is 1. The van der Waals surface area contributed by atoms with Crippen molar-refractivity contribution in [1.29, 1.82) is 0 Å². The molecule has 6 heteroatoms. The second-order valence-electron chi connectivity index (χ2n) is 9.81. The van der Waals surface area contributed by atoms with Crippen LogP contribution in [-0.2, 0) is 12.1 Å². The quantitative estimate of drug-likeness (QED) is 0.573. The summed E-state index contributed by atoms with van der Waals surface area (Å²) in [5.41, 5.74) is 3.20. The molecule has 1 fully saturated rings.